The van der Waals surface area contributed by atoms with Gasteiger partial charge in [-0.3, -0.25) is 0 Å². The first kappa shape index (κ1) is 7.95. The highest BCUT2D eigenvalue weighted by Gasteiger charge is 2.00. The van der Waals surface area contributed by atoms with Gasteiger partial charge in [0.25, 0.3) is 0 Å². The zero-order valence-corrected chi connectivity index (χ0v) is 8.60. The second-order valence-corrected chi connectivity index (χ2v) is 4.01. The number of rotatable bonds is 1. The van der Waals surface area contributed by atoms with Crippen molar-refractivity contribution in [2.45, 2.75) is 0 Å². The van der Waals surface area contributed by atoms with Gasteiger partial charge in [-0.2, -0.15) is 0 Å². The number of benzene rings is 1. The molecule has 0 aliphatic rings. The Balaban J connectivity index is 2.45. The summed E-state index contributed by atoms with van der Waals surface area (Å²) < 4.78 is 0.909. The molecule has 1 aromatic carbocycles. The van der Waals surface area contributed by atoms with Crippen molar-refractivity contribution in [1.29, 1.82) is 0 Å². The Morgan fingerprint density at radius 1 is 1.17 bits per heavy atom. The first-order chi connectivity index (χ1) is 5.86. The molecule has 0 spiro atoms. The maximum Gasteiger partial charge on any atom is 0.124 e. The lowest BCUT2D eigenvalue weighted by Gasteiger charge is -1.92. The molecule has 0 N–H and O–H groups in total. The van der Waals surface area contributed by atoms with E-state index >= 15 is 0 Å². The molecule has 1 aromatic heterocycles. The smallest absolute Gasteiger partial charge is 0.124 e. The van der Waals surface area contributed by atoms with Gasteiger partial charge in [0, 0.05) is 10.9 Å². The molecule has 2 rings (SSSR count). The van der Waals surface area contributed by atoms with Crippen LogP contribution in [0, 0.1) is 0 Å². The van der Waals surface area contributed by atoms with Gasteiger partial charge in [0.05, 0.1) is 0 Å². The maximum absolute atomic E-state index is 4.32. The summed E-state index contributed by atoms with van der Waals surface area (Å²) in [7, 11) is 0. The summed E-state index contributed by atoms with van der Waals surface area (Å²) in [5.74, 6) is 0. The van der Waals surface area contributed by atoms with E-state index in [0.717, 1.165) is 9.61 Å². The van der Waals surface area contributed by atoms with Gasteiger partial charge < -0.3 is 0 Å². The average molecular weight is 240 g/mol. The van der Waals surface area contributed by atoms with Gasteiger partial charge in [0.1, 0.15) is 9.61 Å². The van der Waals surface area contributed by atoms with E-state index in [9.17, 15) is 0 Å². The van der Waals surface area contributed by atoms with Crippen LogP contribution in [0.5, 0.6) is 0 Å². The molecule has 3 heteroatoms. The molecule has 0 saturated carbocycles. The molecule has 0 aliphatic carbocycles. The predicted molar refractivity (Wildman–Crippen MR) is 55.3 cm³/mol. The van der Waals surface area contributed by atoms with Crippen molar-refractivity contribution in [3.63, 3.8) is 0 Å². The van der Waals surface area contributed by atoms with Gasteiger partial charge in [-0.1, -0.05) is 30.3 Å². The van der Waals surface area contributed by atoms with Crippen LogP contribution in [0.4, 0.5) is 0 Å². The summed E-state index contributed by atoms with van der Waals surface area (Å²) in [6, 6.07) is 10.2. The van der Waals surface area contributed by atoms with Gasteiger partial charge in [-0.15, -0.1) is 11.3 Å². The van der Waals surface area contributed by atoms with E-state index in [1.807, 2.05) is 23.6 Å². The number of hydrogen-bond donors (Lipinski definition) is 0. The standard InChI is InChI=1S/C9H6BrNS/c10-8-6-12-9(11-8)7-4-2-1-3-5-7/h1-6H. The maximum atomic E-state index is 4.32. The molecule has 0 aliphatic heterocycles. The van der Waals surface area contributed by atoms with Crippen molar-refractivity contribution in [3.8, 4) is 10.6 Å². The highest BCUT2D eigenvalue weighted by molar-refractivity contribution is 9.10. The monoisotopic (exact) mass is 239 g/mol. The van der Waals surface area contributed by atoms with E-state index in [-0.39, 0.29) is 0 Å². The van der Waals surface area contributed by atoms with Gasteiger partial charge in [0.15, 0.2) is 0 Å². The number of aromatic nitrogens is 1. The third-order valence-corrected chi connectivity index (χ3v) is 3.10. The van der Waals surface area contributed by atoms with E-state index in [1.54, 1.807) is 11.3 Å². The third kappa shape index (κ3) is 1.57. The number of halogens is 1. The van der Waals surface area contributed by atoms with Crippen molar-refractivity contribution in [3.05, 3.63) is 40.3 Å². The van der Waals surface area contributed by atoms with Gasteiger partial charge in [0.2, 0.25) is 0 Å². The Bertz CT molecular complexity index is 369. The minimum atomic E-state index is 0.909. The quantitative estimate of drug-likeness (QED) is 0.742. The summed E-state index contributed by atoms with van der Waals surface area (Å²) in [6.45, 7) is 0. The summed E-state index contributed by atoms with van der Waals surface area (Å²) in [6.07, 6.45) is 0. The first-order valence-corrected chi connectivity index (χ1v) is 5.20. The molecule has 0 atom stereocenters. The van der Waals surface area contributed by atoms with Crippen LogP contribution in [0.3, 0.4) is 0 Å². The Hall–Kier alpha value is -0.670. The minimum absolute atomic E-state index is 0.909. The minimum Gasteiger partial charge on any atom is -0.229 e. The lowest BCUT2D eigenvalue weighted by atomic mass is 10.2. The van der Waals surface area contributed by atoms with E-state index in [4.69, 9.17) is 0 Å². The van der Waals surface area contributed by atoms with Crippen LogP contribution < -0.4 is 0 Å². The van der Waals surface area contributed by atoms with E-state index in [0.29, 0.717) is 0 Å². The molecule has 0 radical (unpaired) electrons. The van der Waals surface area contributed by atoms with Crippen LogP contribution >= 0.6 is 27.3 Å². The first-order valence-electron chi connectivity index (χ1n) is 3.53. The molecule has 0 fully saturated rings. The molecule has 0 unspecified atom stereocenters. The number of thiazole rings is 1. The Kier molecular flexibility index (Phi) is 2.23. The summed E-state index contributed by atoms with van der Waals surface area (Å²) in [5.41, 5.74) is 1.17. The molecule has 12 heavy (non-hydrogen) atoms. The number of hydrogen-bond acceptors (Lipinski definition) is 2. The molecule has 2 aromatic rings. The summed E-state index contributed by atoms with van der Waals surface area (Å²) >= 11 is 4.97. The fraction of sp³-hybridized carbons (Fsp3) is 0. The fourth-order valence-corrected chi connectivity index (χ4v) is 2.23. The van der Waals surface area contributed by atoms with E-state index in [1.165, 1.54) is 5.56 Å². The second kappa shape index (κ2) is 3.37. The summed E-state index contributed by atoms with van der Waals surface area (Å²) in [5, 5.41) is 3.05. The van der Waals surface area contributed by atoms with Crippen molar-refractivity contribution < 1.29 is 0 Å². The van der Waals surface area contributed by atoms with Crippen molar-refractivity contribution >= 4 is 27.3 Å². The third-order valence-electron chi connectivity index (χ3n) is 1.50. The van der Waals surface area contributed by atoms with Gasteiger partial charge >= 0.3 is 0 Å². The van der Waals surface area contributed by atoms with Crippen LogP contribution in [-0.4, -0.2) is 4.98 Å². The zero-order valence-electron chi connectivity index (χ0n) is 6.20. The molecule has 0 bridgehead atoms. The van der Waals surface area contributed by atoms with Crippen molar-refractivity contribution in [1.82, 2.24) is 4.98 Å². The molecule has 1 nitrogen and oxygen atoms in total. The topological polar surface area (TPSA) is 12.9 Å². The largest absolute Gasteiger partial charge is 0.229 e. The Morgan fingerprint density at radius 3 is 2.50 bits per heavy atom. The molecular formula is C9H6BrNS. The second-order valence-electron chi connectivity index (χ2n) is 2.34. The SMILES string of the molecule is Brc1csc(-c2ccccc2)n1. The zero-order chi connectivity index (χ0) is 8.39. The van der Waals surface area contributed by atoms with Gasteiger partial charge in [-0.25, -0.2) is 4.98 Å². The van der Waals surface area contributed by atoms with E-state index < -0.39 is 0 Å². The molecule has 60 valence electrons. The lowest BCUT2D eigenvalue weighted by Crippen LogP contribution is -1.72. The van der Waals surface area contributed by atoms with Crippen LogP contribution in [0.25, 0.3) is 10.6 Å². The predicted octanol–water partition coefficient (Wildman–Crippen LogP) is 3.57. The summed E-state index contributed by atoms with van der Waals surface area (Å²) in [4.78, 5) is 4.32. The van der Waals surface area contributed by atoms with Gasteiger partial charge in [-0.05, 0) is 15.9 Å². The van der Waals surface area contributed by atoms with Crippen LogP contribution in [0.1, 0.15) is 0 Å². The van der Waals surface area contributed by atoms with E-state index in [2.05, 4.69) is 33.0 Å². The van der Waals surface area contributed by atoms with Crippen molar-refractivity contribution in [2.24, 2.45) is 0 Å². The lowest BCUT2D eigenvalue weighted by molar-refractivity contribution is 1.36. The molecule has 0 amide bonds. The number of nitrogens with zero attached hydrogens (tertiary/aromatic N) is 1. The van der Waals surface area contributed by atoms with Crippen molar-refractivity contribution in [2.75, 3.05) is 0 Å². The highest BCUT2D eigenvalue weighted by atomic mass is 79.9. The fourth-order valence-electron chi connectivity index (χ4n) is 0.967. The molecule has 1 heterocycles. The average Bonchev–Trinajstić information content (AvgIpc) is 2.54. The van der Waals surface area contributed by atoms with Crippen LogP contribution in [0.2, 0.25) is 0 Å². The normalized spacial score (nSPS) is 10.1. The van der Waals surface area contributed by atoms with Crippen LogP contribution in [0.15, 0.2) is 40.3 Å². The van der Waals surface area contributed by atoms with Crippen LogP contribution in [-0.2, 0) is 0 Å². The highest BCUT2D eigenvalue weighted by Crippen LogP contribution is 2.25. The molecular weight excluding hydrogens is 234 g/mol. The Labute approximate surface area is 83.2 Å². The Morgan fingerprint density at radius 2 is 1.92 bits per heavy atom. The molecule has 0 saturated heterocycles.